The van der Waals surface area contributed by atoms with Crippen molar-refractivity contribution >= 4 is 27.5 Å². The Hall–Kier alpha value is -2.72. The molecule has 0 radical (unpaired) electrons. The Labute approximate surface area is 221 Å². The van der Waals surface area contributed by atoms with E-state index >= 15 is 0 Å². The SMILES string of the molecule is O=C(CCN(CCNCCc1ccc(O)c2[nH]c(=O)sc12)C[C@H](O)c1ccccc1)NC1CCCCC1. The van der Waals surface area contributed by atoms with Crippen LogP contribution in [-0.2, 0) is 11.2 Å². The number of thiazole rings is 1. The van der Waals surface area contributed by atoms with Gasteiger partial charge in [0.25, 0.3) is 0 Å². The number of phenolic OH excluding ortho intramolecular Hbond substituents is 1. The molecule has 0 unspecified atom stereocenters. The summed E-state index contributed by atoms with van der Waals surface area (Å²) < 4.78 is 0.795. The number of hydrogen-bond donors (Lipinski definition) is 5. The number of benzene rings is 2. The lowest BCUT2D eigenvalue weighted by Gasteiger charge is -2.26. The van der Waals surface area contributed by atoms with E-state index in [2.05, 4.69) is 20.5 Å². The number of nitrogens with one attached hydrogen (secondary N) is 3. The summed E-state index contributed by atoms with van der Waals surface area (Å²) in [4.78, 5) is 29.0. The minimum absolute atomic E-state index is 0.0842. The lowest BCUT2D eigenvalue weighted by Crippen LogP contribution is -2.40. The molecule has 5 N–H and O–H groups in total. The van der Waals surface area contributed by atoms with Crippen LogP contribution in [0.15, 0.2) is 47.3 Å². The molecule has 1 saturated carbocycles. The highest BCUT2D eigenvalue weighted by atomic mass is 32.1. The van der Waals surface area contributed by atoms with E-state index < -0.39 is 6.10 Å². The van der Waals surface area contributed by atoms with E-state index in [1.54, 1.807) is 6.07 Å². The Bertz CT molecular complexity index is 1190. The molecule has 4 rings (SSSR count). The van der Waals surface area contributed by atoms with Crippen LogP contribution in [0.25, 0.3) is 10.2 Å². The molecule has 0 spiro atoms. The molecule has 9 heteroatoms. The van der Waals surface area contributed by atoms with Crippen LogP contribution < -0.4 is 15.5 Å². The topological polar surface area (TPSA) is 118 Å². The van der Waals surface area contributed by atoms with Crippen molar-refractivity contribution in [2.24, 2.45) is 0 Å². The summed E-state index contributed by atoms with van der Waals surface area (Å²) >= 11 is 1.12. The van der Waals surface area contributed by atoms with Crippen molar-refractivity contribution in [3.8, 4) is 5.75 Å². The number of fused-ring (bicyclic) bond motifs is 1. The number of nitrogens with zero attached hydrogens (tertiary/aromatic N) is 1. The lowest BCUT2D eigenvalue weighted by molar-refractivity contribution is -0.122. The van der Waals surface area contributed by atoms with E-state index in [0.717, 1.165) is 46.4 Å². The van der Waals surface area contributed by atoms with Crippen LogP contribution in [0.1, 0.15) is 55.8 Å². The van der Waals surface area contributed by atoms with Crippen LogP contribution in [0.2, 0.25) is 0 Å². The van der Waals surface area contributed by atoms with Gasteiger partial charge in [-0.05, 0) is 43.0 Å². The molecule has 1 fully saturated rings. The van der Waals surface area contributed by atoms with Gasteiger partial charge in [-0.2, -0.15) is 0 Å². The first kappa shape index (κ1) is 27.3. The van der Waals surface area contributed by atoms with Crippen LogP contribution in [0, 0.1) is 0 Å². The average Bonchev–Trinajstić information content (AvgIpc) is 3.31. The molecule has 1 atom stereocenters. The van der Waals surface area contributed by atoms with Crippen molar-refractivity contribution in [3.05, 3.63) is 63.3 Å². The van der Waals surface area contributed by atoms with Crippen molar-refractivity contribution in [3.63, 3.8) is 0 Å². The summed E-state index contributed by atoms with van der Waals surface area (Å²) in [5, 5.41) is 27.4. The summed E-state index contributed by atoms with van der Waals surface area (Å²) in [6.45, 7) is 3.15. The molecule has 200 valence electrons. The Morgan fingerprint density at radius 2 is 1.86 bits per heavy atom. The first-order valence-corrected chi connectivity index (χ1v) is 14.1. The number of aliphatic hydroxyl groups excluding tert-OH is 1. The second kappa shape index (κ2) is 13.7. The normalized spacial score (nSPS) is 15.3. The van der Waals surface area contributed by atoms with Crippen LogP contribution in [-0.4, -0.2) is 64.8 Å². The number of carbonyl (C=O) groups excluding carboxylic acids is 1. The Morgan fingerprint density at radius 3 is 2.65 bits per heavy atom. The molecule has 8 nitrogen and oxygen atoms in total. The van der Waals surface area contributed by atoms with E-state index in [-0.39, 0.29) is 16.5 Å². The predicted molar refractivity (Wildman–Crippen MR) is 148 cm³/mol. The zero-order chi connectivity index (χ0) is 26.0. The number of phenols is 1. The molecule has 1 aliphatic carbocycles. The zero-order valence-electron chi connectivity index (χ0n) is 21.2. The molecule has 0 saturated heterocycles. The molecule has 2 aromatic carbocycles. The number of aromatic hydroxyl groups is 1. The van der Waals surface area contributed by atoms with Crippen molar-refractivity contribution in [1.29, 1.82) is 0 Å². The summed E-state index contributed by atoms with van der Waals surface area (Å²) in [6, 6.07) is 13.4. The van der Waals surface area contributed by atoms with Crippen molar-refractivity contribution in [2.75, 3.05) is 32.7 Å². The minimum atomic E-state index is -0.621. The number of aliphatic hydroxyl groups is 1. The average molecular weight is 527 g/mol. The van der Waals surface area contributed by atoms with Crippen molar-refractivity contribution < 1.29 is 15.0 Å². The van der Waals surface area contributed by atoms with Crippen LogP contribution >= 0.6 is 11.3 Å². The third-order valence-electron chi connectivity index (χ3n) is 7.06. The molecule has 0 aliphatic heterocycles. The van der Waals surface area contributed by atoms with Crippen LogP contribution in [0.5, 0.6) is 5.75 Å². The maximum Gasteiger partial charge on any atom is 0.305 e. The van der Waals surface area contributed by atoms with E-state index in [4.69, 9.17) is 0 Å². The van der Waals surface area contributed by atoms with Gasteiger partial charge < -0.3 is 25.8 Å². The fraction of sp³-hybridized carbons (Fsp3) is 0.500. The van der Waals surface area contributed by atoms with Crippen LogP contribution in [0.4, 0.5) is 0 Å². The van der Waals surface area contributed by atoms with Gasteiger partial charge in [0.15, 0.2) is 0 Å². The van der Waals surface area contributed by atoms with Gasteiger partial charge in [-0.25, -0.2) is 0 Å². The van der Waals surface area contributed by atoms with E-state index in [0.29, 0.717) is 50.7 Å². The standard InChI is InChI=1S/C28H38N4O4S/c33-23-12-11-21(27-26(23)31-28(36)37-27)13-15-29-16-18-32(19-24(34)20-7-3-1-4-8-20)17-14-25(35)30-22-9-5-2-6-10-22/h1,3-4,7-8,11-12,22,24,29,33-34H,2,5-6,9-10,13-19H2,(H,30,35)(H,31,36)/t24-/m0/s1. The van der Waals surface area contributed by atoms with Gasteiger partial charge in [0.1, 0.15) is 11.3 Å². The Balaban J connectivity index is 1.27. The van der Waals surface area contributed by atoms with Gasteiger partial charge in [0.05, 0.1) is 10.8 Å². The van der Waals surface area contributed by atoms with Crippen molar-refractivity contribution in [1.82, 2.24) is 20.5 Å². The van der Waals surface area contributed by atoms with Crippen LogP contribution in [0.3, 0.4) is 0 Å². The number of rotatable bonds is 13. The highest BCUT2D eigenvalue weighted by Crippen LogP contribution is 2.27. The minimum Gasteiger partial charge on any atom is -0.506 e. The smallest absolute Gasteiger partial charge is 0.305 e. The molecule has 37 heavy (non-hydrogen) atoms. The highest BCUT2D eigenvalue weighted by molar-refractivity contribution is 7.16. The summed E-state index contributed by atoms with van der Waals surface area (Å²) in [5.74, 6) is 0.172. The second-order valence-electron chi connectivity index (χ2n) is 9.84. The number of H-pyrrole nitrogens is 1. The maximum absolute atomic E-state index is 12.6. The van der Waals surface area contributed by atoms with Gasteiger partial charge in [-0.15, -0.1) is 0 Å². The largest absolute Gasteiger partial charge is 0.506 e. The van der Waals surface area contributed by atoms with Gasteiger partial charge >= 0.3 is 4.87 Å². The number of amides is 1. The maximum atomic E-state index is 12.6. The van der Waals surface area contributed by atoms with Crippen molar-refractivity contribution in [2.45, 2.75) is 57.1 Å². The summed E-state index contributed by atoms with van der Waals surface area (Å²) in [5.41, 5.74) is 2.38. The highest BCUT2D eigenvalue weighted by Gasteiger charge is 2.18. The third-order valence-corrected chi connectivity index (χ3v) is 8.01. The molecule has 3 aromatic rings. The zero-order valence-corrected chi connectivity index (χ0v) is 22.1. The first-order chi connectivity index (χ1) is 18.0. The van der Waals surface area contributed by atoms with E-state index in [1.165, 1.54) is 19.3 Å². The van der Waals surface area contributed by atoms with Gasteiger partial charge in [-0.3, -0.25) is 14.5 Å². The van der Waals surface area contributed by atoms with Gasteiger partial charge in [0, 0.05) is 38.6 Å². The molecule has 1 aromatic heterocycles. The fourth-order valence-corrected chi connectivity index (χ4v) is 5.88. The lowest BCUT2D eigenvalue weighted by atomic mass is 9.95. The van der Waals surface area contributed by atoms with Gasteiger partial charge in [0.2, 0.25) is 5.91 Å². The van der Waals surface area contributed by atoms with E-state index in [9.17, 15) is 19.8 Å². The molecular weight excluding hydrogens is 488 g/mol. The van der Waals surface area contributed by atoms with Gasteiger partial charge in [-0.1, -0.05) is 67.0 Å². The molecule has 1 amide bonds. The Morgan fingerprint density at radius 1 is 1.08 bits per heavy atom. The summed E-state index contributed by atoms with van der Waals surface area (Å²) in [7, 11) is 0. The molecule has 1 heterocycles. The number of aromatic nitrogens is 1. The molecule has 1 aliphatic rings. The molecular formula is C28H38N4O4S. The first-order valence-electron chi connectivity index (χ1n) is 13.3. The second-order valence-corrected chi connectivity index (χ2v) is 10.8. The third kappa shape index (κ3) is 8.13. The number of carbonyl (C=O) groups is 1. The predicted octanol–water partition coefficient (Wildman–Crippen LogP) is 3.30. The quantitative estimate of drug-likeness (QED) is 0.218. The Kier molecular flexibility index (Phi) is 10.1. The summed E-state index contributed by atoms with van der Waals surface area (Å²) in [6.07, 6.45) is 6.28. The monoisotopic (exact) mass is 526 g/mol. The number of aromatic amines is 1. The molecule has 0 bridgehead atoms. The fourth-order valence-electron chi connectivity index (χ4n) is 4.98. The number of hydrogen-bond acceptors (Lipinski definition) is 7. The van der Waals surface area contributed by atoms with E-state index in [1.807, 2.05) is 36.4 Å².